The molecule has 0 fully saturated rings. The SMILES string of the molecule is ON=C(Cl)c1cccnc1F. The molecule has 1 aromatic heterocycles. The van der Waals surface area contributed by atoms with E-state index >= 15 is 0 Å². The van der Waals surface area contributed by atoms with Crippen molar-refractivity contribution < 1.29 is 9.60 Å². The summed E-state index contributed by atoms with van der Waals surface area (Å²) in [5.41, 5.74) is -0.0170. The number of hydrogen-bond acceptors (Lipinski definition) is 3. The quantitative estimate of drug-likeness (QED) is 0.304. The van der Waals surface area contributed by atoms with Crippen molar-refractivity contribution in [3.05, 3.63) is 29.8 Å². The van der Waals surface area contributed by atoms with Gasteiger partial charge in [-0.25, -0.2) is 4.98 Å². The monoisotopic (exact) mass is 174 g/mol. The van der Waals surface area contributed by atoms with Crippen molar-refractivity contribution >= 4 is 16.8 Å². The van der Waals surface area contributed by atoms with Gasteiger partial charge in [0.2, 0.25) is 5.95 Å². The van der Waals surface area contributed by atoms with Crippen LogP contribution >= 0.6 is 11.6 Å². The lowest BCUT2D eigenvalue weighted by atomic mass is 10.3. The van der Waals surface area contributed by atoms with E-state index in [1.165, 1.54) is 18.3 Å². The summed E-state index contributed by atoms with van der Waals surface area (Å²) in [5, 5.41) is 10.5. The van der Waals surface area contributed by atoms with Crippen LogP contribution in [0.3, 0.4) is 0 Å². The van der Waals surface area contributed by atoms with E-state index in [1.807, 2.05) is 0 Å². The Morgan fingerprint density at radius 1 is 1.73 bits per heavy atom. The zero-order valence-corrected chi connectivity index (χ0v) is 6.09. The van der Waals surface area contributed by atoms with Gasteiger partial charge in [0.05, 0.1) is 5.56 Å². The average molecular weight is 175 g/mol. The maximum atomic E-state index is 12.6. The minimum atomic E-state index is -0.754. The molecule has 0 unspecified atom stereocenters. The summed E-state index contributed by atoms with van der Waals surface area (Å²) >= 11 is 5.32. The highest BCUT2D eigenvalue weighted by Gasteiger charge is 2.06. The molecule has 0 bridgehead atoms. The van der Waals surface area contributed by atoms with Crippen LogP contribution in [0.4, 0.5) is 4.39 Å². The Hall–Kier alpha value is -1.16. The molecule has 1 aromatic rings. The van der Waals surface area contributed by atoms with Crippen LogP contribution in [0.25, 0.3) is 0 Å². The Morgan fingerprint density at radius 2 is 2.45 bits per heavy atom. The Morgan fingerprint density at radius 3 is 3.00 bits per heavy atom. The zero-order valence-electron chi connectivity index (χ0n) is 5.33. The van der Waals surface area contributed by atoms with E-state index in [2.05, 4.69) is 10.1 Å². The predicted octanol–water partition coefficient (Wildman–Crippen LogP) is 1.60. The Labute approximate surface area is 67.1 Å². The second kappa shape index (κ2) is 3.30. The molecule has 0 aliphatic rings. The number of aromatic nitrogens is 1. The summed E-state index contributed by atoms with van der Waals surface area (Å²) in [5.74, 6) is -0.754. The summed E-state index contributed by atoms with van der Waals surface area (Å²) in [7, 11) is 0. The van der Waals surface area contributed by atoms with E-state index in [9.17, 15) is 4.39 Å². The Balaban J connectivity index is 3.14. The van der Waals surface area contributed by atoms with E-state index in [1.54, 1.807) is 0 Å². The number of halogens is 2. The molecule has 0 spiro atoms. The predicted molar refractivity (Wildman–Crippen MR) is 38.4 cm³/mol. The summed E-state index contributed by atoms with van der Waals surface area (Å²) in [6.07, 6.45) is 1.28. The van der Waals surface area contributed by atoms with Crippen LogP contribution in [0.15, 0.2) is 23.5 Å². The van der Waals surface area contributed by atoms with E-state index in [-0.39, 0.29) is 10.7 Å². The molecule has 5 heteroatoms. The van der Waals surface area contributed by atoms with Crippen molar-refractivity contribution in [3.8, 4) is 0 Å². The molecule has 0 saturated heterocycles. The van der Waals surface area contributed by atoms with Crippen LogP contribution in [-0.4, -0.2) is 15.4 Å². The summed E-state index contributed by atoms with van der Waals surface area (Å²) in [6.45, 7) is 0. The van der Waals surface area contributed by atoms with Gasteiger partial charge in [-0.05, 0) is 12.1 Å². The molecular weight excluding hydrogens is 171 g/mol. The molecule has 1 heterocycles. The first-order valence-electron chi connectivity index (χ1n) is 2.74. The molecule has 1 N–H and O–H groups in total. The molecule has 3 nitrogen and oxygen atoms in total. The fraction of sp³-hybridized carbons (Fsp3) is 0. The number of rotatable bonds is 1. The molecule has 0 aromatic carbocycles. The van der Waals surface area contributed by atoms with Gasteiger partial charge in [0, 0.05) is 6.20 Å². The van der Waals surface area contributed by atoms with E-state index in [0.29, 0.717) is 0 Å². The number of oxime groups is 1. The summed E-state index contributed by atoms with van der Waals surface area (Å²) in [6, 6.07) is 2.86. The molecular formula is C6H4ClFN2O. The molecule has 0 amide bonds. The standard InChI is InChI=1S/C6H4ClFN2O/c7-5(10-11)4-2-1-3-9-6(4)8/h1-3,11H. The van der Waals surface area contributed by atoms with E-state index < -0.39 is 5.95 Å². The lowest BCUT2D eigenvalue weighted by Gasteiger charge is -1.94. The van der Waals surface area contributed by atoms with E-state index in [0.717, 1.165) is 0 Å². The van der Waals surface area contributed by atoms with Crippen molar-refractivity contribution in [2.75, 3.05) is 0 Å². The number of hydrogen-bond donors (Lipinski definition) is 1. The summed E-state index contributed by atoms with van der Waals surface area (Å²) < 4.78 is 12.6. The van der Waals surface area contributed by atoms with Crippen molar-refractivity contribution in [1.29, 1.82) is 0 Å². The topological polar surface area (TPSA) is 45.5 Å². The maximum Gasteiger partial charge on any atom is 0.223 e. The third-order valence-electron chi connectivity index (χ3n) is 1.07. The minimum absolute atomic E-state index is 0.0170. The fourth-order valence-electron chi connectivity index (χ4n) is 0.594. The highest BCUT2D eigenvalue weighted by Crippen LogP contribution is 2.06. The van der Waals surface area contributed by atoms with Gasteiger partial charge in [0.15, 0.2) is 5.17 Å². The second-order valence-corrected chi connectivity index (χ2v) is 2.09. The zero-order chi connectivity index (χ0) is 8.27. The first-order chi connectivity index (χ1) is 5.25. The number of nitrogens with zero attached hydrogens (tertiary/aromatic N) is 2. The van der Waals surface area contributed by atoms with Crippen molar-refractivity contribution in [1.82, 2.24) is 4.98 Å². The second-order valence-electron chi connectivity index (χ2n) is 1.73. The Bertz CT molecular complexity index is 290. The smallest absolute Gasteiger partial charge is 0.223 e. The molecule has 1 rings (SSSR count). The first kappa shape index (κ1) is 7.94. The van der Waals surface area contributed by atoms with Crippen molar-refractivity contribution in [2.45, 2.75) is 0 Å². The molecule has 0 aliphatic heterocycles. The van der Waals surface area contributed by atoms with Crippen LogP contribution in [0.2, 0.25) is 0 Å². The Kier molecular flexibility index (Phi) is 2.38. The van der Waals surface area contributed by atoms with Crippen molar-refractivity contribution in [2.24, 2.45) is 5.16 Å². The summed E-state index contributed by atoms with van der Waals surface area (Å²) in [4.78, 5) is 3.31. The van der Waals surface area contributed by atoms with Crippen molar-refractivity contribution in [3.63, 3.8) is 0 Å². The van der Waals surface area contributed by atoms with Gasteiger partial charge in [-0.1, -0.05) is 16.8 Å². The maximum absolute atomic E-state index is 12.6. The van der Waals surface area contributed by atoms with Gasteiger partial charge in [0.1, 0.15) is 0 Å². The third-order valence-corrected chi connectivity index (χ3v) is 1.35. The average Bonchev–Trinajstić information content (AvgIpc) is 2.04. The number of pyridine rings is 1. The van der Waals surface area contributed by atoms with Gasteiger partial charge in [-0.2, -0.15) is 4.39 Å². The van der Waals surface area contributed by atoms with Gasteiger partial charge in [-0.15, -0.1) is 0 Å². The molecule has 58 valence electrons. The van der Waals surface area contributed by atoms with E-state index in [4.69, 9.17) is 16.8 Å². The lowest BCUT2D eigenvalue weighted by Crippen LogP contribution is -1.97. The molecule has 0 aliphatic carbocycles. The first-order valence-corrected chi connectivity index (χ1v) is 3.12. The van der Waals surface area contributed by atoms with Gasteiger partial charge in [0.25, 0.3) is 0 Å². The minimum Gasteiger partial charge on any atom is -0.410 e. The van der Waals surface area contributed by atoms with Crippen LogP contribution in [0, 0.1) is 5.95 Å². The van der Waals surface area contributed by atoms with Crippen LogP contribution in [-0.2, 0) is 0 Å². The fourth-order valence-corrected chi connectivity index (χ4v) is 0.735. The van der Waals surface area contributed by atoms with Gasteiger partial charge < -0.3 is 5.21 Å². The van der Waals surface area contributed by atoms with Crippen LogP contribution in [0.1, 0.15) is 5.56 Å². The van der Waals surface area contributed by atoms with Gasteiger partial charge >= 0.3 is 0 Å². The van der Waals surface area contributed by atoms with Gasteiger partial charge in [-0.3, -0.25) is 0 Å². The highest BCUT2D eigenvalue weighted by molar-refractivity contribution is 6.69. The molecule has 0 radical (unpaired) electrons. The molecule has 11 heavy (non-hydrogen) atoms. The lowest BCUT2D eigenvalue weighted by molar-refractivity contribution is 0.320. The highest BCUT2D eigenvalue weighted by atomic mass is 35.5. The third kappa shape index (κ3) is 1.65. The normalized spacial score (nSPS) is 11.6. The van der Waals surface area contributed by atoms with Crippen LogP contribution < -0.4 is 0 Å². The molecule has 0 saturated carbocycles. The largest absolute Gasteiger partial charge is 0.410 e. The van der Waals surface area contributed by atoms with Crippen LogP contribution in [0.5, 0.6) is 0 Å². The molecule has 0 atom stereocenters.